The molecule has 0 aromatic heterocycles. The Morgan fingerprint density at radius 1 is 1.14 bits per heavy atom. The third-order valence-corrected chi connectivity index (χ3v) is 6.63. The molecule has 0 radical (unpaired) electrons. The minimum atomic E-state index is -3.90. The van der Waals surface area contributed by atoms with Crippen molar-refractivity contribution in [3.05, 3.63) is 28.7 Å². The fourth-order valence-corrected chi connectivity index (χ4v) is 4.65. The molecule has 1 aliphatic carbocycles. The van der Waals surface area contributed by atoms with Gasteiger partial charge in [-0.1, -0.05) is 49.0 Å². The number of rotatable bonds is 8. The van der Waals surface area contributed by atoms with Gasteiger partial charge in [-0.15, -0.1) is 0 Å². The summed E-state index contributed by atoms with van der Waals surface area (Å²) in [5.41, 5.74) is 0. The lowest BCUT2D eigenvalue weighted by atomic mass is 9.95. The van der Waals surface area contributed by atoms with E-state index in [9.17, 15) is 18.0 Å². The normalized spacial score (nSPS) is 16.6. The lowest BCUT2D eigenvalue weighted by Gasteiger charge is -2.23. The first kappa shape index (κ1) is 22.8. The Labute approximate surface area is 174 Å². The number of ether oxygens (including phenoxy) is 1. The molecule has 9 heteroatoms. The number of nitrogens with one attached hydrogen (secondary N) is 2. The topological polar surface area (TPSA) is 102 Å². The zero-order valence-electron chi connectivity index (χ0n) is 16.1. The SMILES string of the molecule is CC(C)[C@H](NS(=O)(=O)c1ccc(Br)cc1)C(=O)OCC(=O)NC1CCCCC1. The van der Waals surface area contributed by atoms with E-state index in [1.54, 1.807) is 26.0 Å². The Morgan fingerprint density at radius 3 is 2.32 bits per heavy atom. The van der Waals surface area contributed by atoms with Crippen LogP contribution in [0.25, 0.3) is 0 Å². The van der Waals surface area contributed by atoms with Crippen LogP contribution >= 0.6 is 15.9 Å². The second-order valence-electron chi connectivity index (χ2n) is 7.31. The smallest absolute Gasteiger partial charge is 0.324 e. The fraction of sp³-hybridized carbons (Fsp3) is 0.579. The van der Waals surface area contributed by atoms with E-state index >= 15 is 0 Å². The second-order valence-corrected chi connectivity index (χ2v) is 9.94. The van der Waals surface area contributed by atoms with E-state index in [0.29, 0.717) is 0 Å². The average molecular weight is 475 g/mol. The third kappa shape index (κ3) is 6.86. The summed E-state index contributed by atoms with van der Waals surface area (Å²) in [6.07, 6.45) is 5.20. The van der Waals surface area contributed by atoms with Gasteiger partial charge in [0.25, 0.3) is 5.91 Å². The molecule has 1 saturated carbocycles. The van der Waals surface area contributed by atoms with Crippen molar-refractivity contribution < 1.29 is 22.7 Å². The van der Waals surface area contributed by atoms with E-state index in [1.165, 1.54) is 18.6 Å². The molecule has 0 aliphatic heterocycles. The summed E-state index contributed by atoms with van der Waals surface area (Å²) in [7, 11) is -3.90. The monoisotopic (exact) mass is 474 g/mol. The van der Waals surface area contributed by atoms with Gasteiger partial charge < -0.3 is 10.1 Å². The van der Waals surface area contributed by atoms with E-state index in [-0.39, 0.29) is 22.8 Å². The highest BCUT2D eigenvalue weighted by molar-refractivity contribution is 9.10. The van der Waals surface area contributed by atoms with Crippen molar-refractivity contribution in [1.82, 2.24) is 10.0 Å². The van der Waals surface area contributed by atoms with E-state index in [1.807, 2.05) is 0 Å². The lowest BCUT2D eigenvalue weighted by molar-refractivity contribution is -0.151. The van der Waals surface area contributed by atoms with Gasteiger partial charge in [0.1, 0.15) is 6.04 Å². The number of hydrogen-bond acceptors (Lipinski definition) is 5. The van der Waals surface area contributed by atoms with Gasteiger partial charge in [-0.2, -0.15) is 4.72 Å². The van der Waals surface area contributed by atoms with Crippen molar-refractivity contribution in [2.75, 3.05) is 6.61 Å². The maximum absolute atomic E-state index is 12.6. The van der Waals surface area contributed by atoms with Gasteiger partial charge in [-0.25, -0.2) is 8.42 Å². The zero-order valence-corrected chi connectivity index (χ0v) is 18.5. The minimum Gasteiger partial charge on any atom is -0.454 e. The van der Waals surface area contributed by atoms with Crippen molar-refractivity contribution in [3.63, 3.8) is 0 Å². The molecule has 2 N–H and O–H groups in total. The molecule has 2 rings (SSSR count). The van der Waals surface area contributed by atoms with Crippen LogP contribution in [0.3, 0.4) is 0 Å². The fourth-order valence-electron chi connectivity index (χ4n) is 3.05. The van der Waals surface area contributed by atoms with Crippen molar-refractivity contribution in [2.45, 2.75) is 62.9 Å². The Hall–Kier alpha value is -1.45. The van der Waals surface area contributed by atoms with Gasteiger partial charge in [0.15, 0.2) is 6.61 Å². The number of esters is 1. The van der Waals surface area contributed by atoms with E-state index in [2.05, 4.69) is 26.0 Å². The molecule has 1 aliphatic rings. The molecular formula is C19H27BrN2O5S. The standard InChI is InChI=1S/C19H27BrN2O5S/c1-13(2)18(22-28(25,26)16-10-8-14(20)9-11-16)19(24)27-12-17(23)21-15-6-4-3-5-7-15/h8-11,13,15,18,22H,3-7,12H2,1-2H3,(H,21,23)/t18-/m0/s1. The molecule has 0 saturated heterocycles. The molecule has 1 aromatic carbocycles. The van der Waals surface area contributed by atoms with Gasteiger partial charge in [0.05, 0.1) is 4.90 Å². The Balaban J connectivity index is 1.93. The minimum absolute atomic E-state index is 0.0455. The number of carbonyl (C=O) groups excluding carboxylic acids is 2. The van der Waals surface area contributed by atoms with Crippen LogP contribution in [0.5, 0.6) is 0 Å². The third-order valence-electron chi connectivity index (χ3n) is 4.64. The number of carbonyl (C=O) groups is 2. The van der Waals surface area contributed by atoms with Crippen molar-refractivity contribution in [1.29, 1.82) is 0 Å². The number of halogens is 1. The second kappa shape index (κ2) is 10.4. The van der Waals surface area contributed by atoms with Gasteiger partial charge in [-0.3, -0.25) is 9.59 Å². The van der Waals surface area contributed by atoms with Gasteiger partial charge in [0.2, 0.25) is 10.0 Å². The van der Waals surface area contributed by atoms with Crippen molar-refractivity contribution >= 4 is 37.8 Å². The highest BCUT2D eigenvalue weighted by Crippen LogP contribution is 2.18. The quantitative estimate of drug-likeness (QED) is 0.563. The van der Waals surface area contributed by atoms with E-state index in [4.69, 9.17) is 4.74 Å². The summed E-state index contributed by atoms with van der Waals surface area (Å²) in [6, 6.07) is 5.12. The summed E-state index contributed by atoms with van der Waals surface area (Å²) in [6.45, 7) is 2.99. The van der Waals surface area contributed by atoms with Crippen LogP contribution in [0, 0.1) is 5.92 Å². The van der Waals surface area contributed by atoms with Crippen LogP contribution in [0.2, 0.25) is 0 Å². The highest BCUT2D eigenvalue weighted by atomic mass is 79.9. The predicted molar refractivity (Wildman–Crippen MR) is 109 cm³/mol. The molecule has 0 bridgehead atoms. The summed E-state index contributed by atoms with van der Waals surface area (Å²) >= 11 is 3.25. The molecule has 0 spiro atoms. The largest absolute Gasteiger partial charge is 0.454 e. The van der Waals surface area contributed by atoms with Crippen LogP contribution < -0.4 is 10.0 Å². The van der Waals surface area contributed by atoms with Gasteiger partial charge >= 0.3 is 5.97 Å². The molecule has 28 heavy (non-hydrogen) atoms. The number of benzene rings is 1. The number of sulfonamides is 1. The Kier molecular flexibility index (Phi) is 8.45. The van der Waals surface area contributed by atoms with Crippen LogP contribution in [0.1, 0.15) is 46.0 Å². The molecule has 1 amide bonds. The lowest BCUT2D eigenvalue weighted by Crippen LogP contribution is -2.46. The summed E-state index contributed by atoms with van der Waals surface area (Å²) in [5, 5.41) is 2.86. The first-order valence-electron chi connectivity index (χ1n) is 9.43. The van der Waals surface area contributed by atoms with Gasteiger partial charge in [-0.05, 0) is 43.0 Å². The van der Waals surface area contributed by atoms with Crippen LogP contribution in [-0.4, -0.2) is 39.0 Å². The first-order valence-corrected chi connectivity index (χ1v) is 11.7. The molecule has 1 aromatic rings. The van der Waals surface area contributed by atoms with E-state index < -0.39 is 28.6 Å². The maximum atomic E-state index is 12.6. The maximum Gasteiger partial charge on any atom is 0.324 e. The molecule has 1 fully saturated rings. The highest BCUT2D eigenvalue weighted by Gasteiger charge is 2.30. The molecule has 0 heterocycles. The van der Waals surface area contributed by atoms with Gasteiger partial charge in [0, 0.05) is 10.5 Å². The Morgan fingerprint density at radius 2 is 1.75 bits per heavy atom. The van der Waals surface area contributed by atoms with Crippen LogP contribution in [-0.2, 0) is 24.3 Å². The predicted octanol–water partition coefficient (Wildman–Crippen LogP) is 2.74. The summed E-state index contributed by atoms with van der Waals surface area (Å²) in [4.78, 5) is 24.5. The molecule has 0 unspecified atom stereocenters. The van der Waals surface area contributed by atoms with Crippen molar-refractivity contribution in [2.24, 2.45) is 5.92 Å². The van der Waals surface area contributed by atoms with Crippen molar-refractivity contribution in [3.8, 4) is 0 Å². The first-order chi connectivity index (χ1) is 13.2. The summed E-state index contributed by atoms with van der Waals surface area (Å²) < 4.78 is 33.3. The number of amides is 1. The number of hydrogen-bond donors (Lipinski definition) is 2. The Bertz CT molecular complexity index is 774. The molecule has 7 nitrogen and oxygen atoms in total. The molecule has 1 atom stereocenters. The van der Waals surface area contributed by atoms with E-state index in [0.717, 1.165) is 30.2 Å². The zero-order chi connectivity index (χ0) is 20.7. The van der Waals surface area contributed by atoms with Crippen LogP contribution in [0.15, 0.2) is 33.6 Å². The average Bonchev–Trinajstić information content (AvgIpc) is 2.65. The van der Waals surface area contributed by atoms with Crippen LogP contribution in [0.4, 0.5) is 0 Å². The summed E-state index contributed by atoms with van der Waals surface area (Å²) in [5.74, 6) is -1.48. The molecular weight excluding hydrogens is 448 g/mol. The molecule has 156 valence electrons.